The first kappa shape index (κ1) is 23.1. The van der Waals surface area contributed by atoms with Gasteiger partial charge >= 0.3 is 5.97 Å². The third kappa shape index (κ3) is 5.29. The molecule has 1 aromatic carbocycles. The van der Waals surface area contributed by atoms with Crippen molar-refractivity contribution in [3.63, 3.8) is 0 Å². The number of piperidine rings is 1. The molecule has 172 valence electrons. The van der Waals surface area contributed by atoms with Crippen molar-refractivity contribution in [2.75, 3.05) is 0 Å². The molecule has 6 nitrogen and oxygen atoms in total. The van der Waals surface area contributed by atoms with E-state index in [1.165, 1.54) is 5.06 Å². The number of carbonyl (C=O) groups is 1. The molecule has 0 spiro atoms. The number of rotatable bonds is 5. The molecular weight excluding hydrogens is 414 g/mol. The van der Waals surface area contributed by atoms with Crippen LogP contribution in [0.1, 0.15) is 56.5 Å². The van der Waals surface area contributed by atoms with Crippen LogP contribution in [0.2, 0.25) is 0 Å². The number of ether oxygens (including phenoxy) is 1. The van der Waals surface area contributed by atoms with Gasteiger partial charge in [-0.3, -0.25) is 4.98 Å². The Balaban J connectivity index is 1.37. The van der Waals surface area contributed by atoms with Crippen LogP contribution in [0, 0.1) is 0 Å². The van der Waals surface area contributed by atoms with Gasteiger partial charge in [-0.25, -0.2) is 9.36 Å². The second-order valence-electron chi connectivity index (χ2n) is 10.1. The summed E-state index contributed by atoms with van der Waals surface area (Å²) in [6.07, 6.45) is 8.62. The second kappa shape index (κ2) is 9.04. The van der Waals surface area contributed by atoms with Crippen LogP contribution < -0.4 is 4.57 Å². The van der Waals surface area contributed by atoms with E-state index >= 15 is 0 Å². The van der Waals surface area contributed by atoms with Crippen molar-refractivity contribution in [2.45, 2.75) is 64.3 Å². The SMILES string of the molecule is CC1(C)CC(OC(=O)c2ccc(C[n+]3ccc(-c4ccncc4)cc3)cc2)CC(C)(C)N1O. The van der Waals surface area contributed by atoms with Crippen LogP contribution in [-0.2, 0) is 11.3 Å². The summed E-state index contributed by atoms with van der Waals surface area (Å²) in [6, 6.07) is 15.7. The van der Waals surface area contributed by atoms with Gasteiger partial charge in [0.05, 0.1) is 5.56 Å². The summed E-state index contributed by atoms with van der Waals surface area (Å²) < 4.78 is 7.93. The number of hydroxylamine groups is 2. The minimum Gasteiger partial charge on any atom is -0.459 e. The van der Waals surface area contributed by atoms with Gasteiger partial charge in [-0.1, -0.05) is 12.1 Å². The van der Waals surface area contributed by atoms with E-state index in [9.17, 15) is 10.0 Å². The summed E-state index contributed by atoms with van der Waals surface area (Å²) in [5.74, 6) is -0.320. The fourth-order valence-electron chi connectivity index (χ4n) is 4.74. The molecule has 3 aromatic rings. The molecule has 4 rings (SSSR count). The lowest BCUT2D eigenvalue weighted by atomic mass is 9.80. The fourth-order valence-corrected chi connectivity index (χ4v) is 4.74. The Morgan fingerprint density at radius 1 is 0.970 bits per heavy atom. The van der Waals surface area contributed by atoms with Crippen LogP contribution in [0.25, 0.3) is 11.1 Å². The molecule has 3 heterocycles. The lowest BCUT2D eigenvalue weighted by Crippen LogP contribution is -2.60. The Hall–Kier alpha value is -3.09. The zero-order chi connectivity index (χ0) is 23.6. The molecule has 0 saturated carbocycles. The standard InChI is InChI=1S/C27H32N3O3/c1-26(2)17-24(18-27(3,4)30(26)32)33-25(31)23-7-5-20(6-8-23)19-29-15-11-22(12-16-29)21-9-13-28-14-10-21/h5-16,24,32H,17-19H2,1-4H3/q+1. The minimum absolute atomic E-state index is 0.236. The number of pyridine rings is 2. The predicted octanol–water partition coefficient (Wildman–Crippen LogP) is 4.65. The molecule has 2 aromatic heterocycles. The Bertz CT molecular complexity index is 1080. The summed E-state index contributed by atoms with van der Waals surface area (Å²) in [5.41, 5.74) is 3.01. The zero-order valence-electron chi connectivity index (χ0n) is 19.7. The van der Waals surface area contributed by atoms with Gasteiger partial charge in [0.15, 0.2) is 18.9 Å². The van der Waals surface area contributed by atoms with E-state index in [-0.39, 0.29) is 12.1 Å². The van der Waals surface area contributed by atoms with Gasteiger partial charge in [0, 0.05) is 54.0 Å². The van der Waals surface area contributed by atoms with E-state index < -0.39 is 11.1 Å². The van der Waals surface area contributed by atoms with Crippen molar-refractivity contribution >= 4 is 5.97 Å². The highest BCUT2D eigenvalue weighted by atomic mass is 16.5. The van der Waals surface area contributed by atoms with Crippen LogP contribution in [0.3, 0.4) is 0 Å². The van der Waals surface area contributed by atoms with Crippen LogP contribution in [0.4, 0.5) is 0 Å². The monoisotopic (exact) mass is 446 g/mol. The maximum atomic E-state index is 12.8. The number of nitrogens with zero attached hydrogens (tertiary/aromatic N) is 3. The van der Waals surface area contributed by atoms with E-state index in [0.29, 0.717) is 24.9 Å². The summed E-state index contributed by atoms with van der Waals surface area (Å²) in [4.78, 5) is 16.8. The first-order chi connectivity index (χ1) is 15.6. The number of hydrogen-bond acceptors (Lipinski definition) is 5. The molecule has 0 amide bonds. The van der Waals surface area contributed by atoms with Crippen molar-refractivity contribution in [2.24, 2.45) is 0 Å². The smallest absolute Gasteiger partial charge is 0.338 e. The molecule has 1 aliphatic rings. The number of benzene rings is 1. The van der Waals surface area contributed by atoms with Crippen molar-refractivity contribution < 1.29 is 19.3 Å². The van der Waals surface area contributed by atoms with Crippen LogP contribution >= 0.6 is 0 Å². The molecule has 6 heteroatoms. The van der Waals surface area contributed by atoms with Crippen molar-refractivity contribution in [3.05, 3.63) is 84.4 Å². The Kier molecular flexibility index (Phi) is 6.32. The quantitative estimate of drug-likeness (QED) is 0.456. The third-order valence-corrected chi connectivity index (χ3v) is 6.33. The molecule has 1 N–H and O–H groups in total. The van der Waals surface area contributed by atoms with E-state index in [1.807, 2.05) is 64.1 Å². The highest BCUT2D eigenvalue weighted by molar-refractivity contribution is 5.89. The lowest BCUT2D eigenvalue weighted by molar-refractivity contribution is -0.688. The Morgan fingerprint density at radius 2 is 1.52 bits per heavy atom. The zero-order valence-corrected chi connectivity index (χ0v) is 19.7. The molecule has 0 aliphatic carbocycles. The van der Waals surface area contributed by atoms with Gasteiger partial charge in [0.2, 0.25) is 0 Å². The number of esters is 1. The van der Waals surface area contributed by atoms with E-state index in [1.54, 1.807) is 12.4 Å². The van der Waals surface area contributed by atoms with Crippen LogP contribution in [0.5, 0.6) is 0 Å². The normalized spacial score (nSPS) is 18.1. The predicted molar refractivity (Wildman–Crippen MR) is 126 cm³/mol. The molecule has 0 unspecified atom stereocenters. The summed E-state index contributed by atoms with van der Waals surface area (Å²) in [6.45, 7) is 8.56. The van der Waals surface area contributed by atoms with Crippen molar-refractivity contribution in [1.29, 1.82) is 0 Å². The molecule has 1 aliphatic heterocycles. The molecule has 0 bridgehead atoms. The first-order valence-corrected chi connectivity index (χ1v) is 11.3. The fraction of sp³-hybridized carbons (Fsp3) is 0.370. The largest absolute Gasteiger partial charge is 0.459 e. The molecule has 1 fully saturated rings. The maximum Gasteiger partial charge on any atom is 0.338 e. The van der Waals surface area contributed by atoms with Gasteiger partial charge in [0.25, 0.3) is 0 Å². The van der Waals surface area contributed by atoms with Gasteiger partial charge in [-0.15, -0.1) is 0 Å². The summed E-state index contributed by atoms with van der Waals surface area (Å²) in [7, 11) is 0. The molecule has 0 atom stereocenters. The number of carbonyl (C=O) groups excluding carboxylic acids is 1. The van der Waals surface area contributed by atoms with Gasteiger partial charge in [0.1, 0.15) is 6.10 Å². The summed E-state index contributed by atoms with van der Waals surface area (Å²) in [5, 5.41) is 11.8. The van der Waals surface area contributed by atoms with E-state index in [4.69, 9.17) is 4.74 Å². The van der Waals surface area contributed by atoms with E-state index in [0.717, 1.165) is 16.7 Å². The molecule has 33 heavy (non-hydrogen) atoms. The third-order valence-electron chi connectivity index (χ3n) is 6.33. The highest BCUT2D eigenvalue weighted by Crippen LogP contribution is 2.38. The highest BCUT2D eigenvalue weighted by Gasteiger charge is 2.46. The minimum atomic E-state index is -0.458. The van der Waals surface area contributed by atoms with Crippen molar-refractivity contribution in [3.8, 4) is 11.1 Å². The van der Waals surface area contributed by atoms with Crippen LogP contribution in [-0.4, -0.2) is 38.4 Å². The maximum absolute atomic E-state index is 12.8. The van der Waals surface area contributed by atoms with Crippen LogP contribution in [0.15, 0.2) is 73.3 Å². The molecular formula is C27H32N3O3+. The van der Waals surface area contributed by atoms with Crippen molar-refractivity contribution in [1.82, 2.24) is 10.0 Å². The van der Waals surface area contributed by atoms with Gasteiger partial charge in [-0.2, -0.15) is 5.06 Å². The average molecular weight is 447 g/mol. The number of aromatic nitrogens is 2. The molecule has 0 radical (unpaired) electrons. The molecule has 1 saturated heterocycles. The Labute approximate surface area is 195 Å². The van der Waals surface area contributed by atoms with E-state index in [2.05, 4.69) is 34.1 Å². The van der Waals surface area contributed by atoms with Gasteiger partial charge < -0.3 is 9.94 Å². The average Bonchev–Trinajstić information content (AvgIpc) is 2.78. The number of hydrogen-bond donors (Lipinski definition) is 1. The Morgan fingerprint density at radius 3 is 2.09 bits per heavy atom. The van der Waals surface area contributed by atoms with Gasteiger partial charge in [-0.05, 0) is 63.1 Å². The topological polar surface area (TPSA) is 66.5 Å². The first-order valence-electron chi connectivity index (χ1n) is 11.3. The second-order valence-corrected chi connectivity index (χ2v) is 10.1. The summed E-state index contributed by atoms with van der Waals surface area (Å²) >= 11 is 0. The lowest BCUT2D eigenvalue weighted by Gasteiger charge is -2.50.